The van der Waals surface area contributed by atoms with E-state index in [1.165, 1.54) is 12.8 Å². The van der Waals surface area contributed by atoms with Crippen molar-refractivity contribution < 1.29 is 0 Å². The summed E-state index contributed by atoms with van der Waals surface area (Å²) < 4.78 is 0. The maximum atomic E-state index is 2.98. The third kappa shape index (κ3) is 0.852. The molecule has 0 atom stereocenters. The predicted octanol–water partition coefficient (Wildman–Crippen LogP) is 1.54. The van der Waals surface area contributed by atoms with E-state index in [2.05, 4.69) is 12.2 Å². The highest BCUT2D eigenvalue weighted by Crippen LogP contribution is 2.04. The monoisotopic (exact) mass is 79.1 g/mol. The van der Waals surface area contributed by atoms with Gasteiger partial charge in [-0.05, 0) is 37.8 Å². The first-order valence-corrected chi connectivity index (χ1v) is 2.30. The fourth-order valence-electron chi connectivity index (χ4n) is 0.509. The second kappa shape index (κ2) is 2.01. The zero-order chi connectivity index (χ0) is 4.24. The highest BCUT2D eigenvalue weighted by Gasteiger charge is 1.89. The van der Waals surface area contributed by atoms with Gasteiger partial charge in [-0.25, -0.2) is 0 Å². The van der Waals surface area contributed by atoms with E-state index in [1.807, 2.05) is 6.42 Å². The molecule has 31 valence electrons. The van der Waals surface area contributed by atoms with E-state index in [-0.39, 0.29) is 0 Å². The van der Waals surface area contributed by atoms with E-state index < -0.39 is 0 Å². The second-order valence-electron chi connectivity index (χ2n) is 1.42. The molecule has 1 rings (SSSR count). The summed E-state index contributed by atoms with van der Waals surface area (Å²) in [5.41, 5.74) is 0. The van der Waals surface area contributed by atoms with Gasteiger partial charge in [-0.3, -0.25) is 0 Å². The van der Waals surface area contributed by atoms with Gasteiger partial charge in [-0.2, -0.15) is 0 Å². The quantitative estimate of drug-likeness (QED) is 0.413. The van der Waals surface area contributed by atoms with Crippen molar-refractivity contribution in [2.24, 2.45) is 0 Å². The number of allylic oxidation sites excluding steroid dienone is 2. The van der Waals surface area contributed by atoms with Crippen molar-refractivity contribution >= 4 is 0 Å². The molecule has 0 aromatic carbocycles. The molecule has 3 radical (unpaired) electrons. The van der Waals surface area contributed by atoms with Gasteiger partial charge in [-0.15, -0.1) is 0 Å². The molecule has 6 heavy (non-hydrogen) atoms. The summed E-state index contributed by atoms with van der Waals surface area (Å²) in [7, 11) is 0. The first kappa shape index (κ1) is 3.91. The van der Waals surface area contributed by atoms with Gasteiger partial charge in [0, 0.05) is 0 Å². The Labute approximate surface area is 38.9 Å². The minimum absolute atomic E-state index is 1.11. The lowest BCUT2D eigenvalue weighted by atomic mass is 10.1. The lowest BCUT2D eigenvalue weighted by Gasteiger charge is -1.95. The topological polar surface area (TPSA) is 0 Å². The molecule has 0 fully saturated rings. The van der Waals surface area contributed by atoms with Gasteiger partial charge in [0.25, 0.3) is 0 Å². The van der Waals surface area contributed by atoms with E-state index in [0.717, 1.165) is 6.42 Å². The Morgan fingerprint density at radius 2 is 2.50 bits per heavy atom. The Morgan fingerprint density at radius 1 is 1.50 bits per heavy atom. The molecule has 0 aliphatic heterocycles. The van der Waals surface area contributed by atoms with Crippen molar-refractivity contribution in [3.8, 4) is 0 Å². The van der Waals surface area contributed by atoms with Crippen LogP contribution in [0.25, 0.3) is 0 Å². The van der Waals surface area contributed by atoms with Crippen molar-refractivity contribution in [1.82, 2.24) is 0 Å². The van der Waals surface area contributed by atoms with Crippen LogP contribution in [0.4, 0.5) is 0 Å². The van der Waals surface area contributed by atoms with Crippen molar-refractivity contribution in [3.63, 3.8) is 0 Å². The molecule has 0 aromatic heterocycles. The van der Waals surface area contributed by atoms with Crippen LogP contribution in [0.2, 0.25) is 0 Å². The normalized spacial score (nSPS) is 21.3. The van der Waals surface area contributed by atoms with Gasteiger partial charge in [0.05, 0.1) is 0 Å². The highest BCUT2D eigenvalue weighted by atomic mass is 13.9. The summed E-state index contributed by atoms with van der Waals surface area (Å²) in [6.07, 6.45) is 11.5. The van der Waals surface area contributed by atoms with E-state index in [4.69, 9.17) is 0 Å². The number of hydrogen-bond acceptors (Lipinski definition) is 0. The first-order chi connectivity index (χ1) is 3.00. The Hall–Kier alpha value is -0.260. The maximum absolute atomic E-state index is 2.98. The van der Waals surface area contributed by atoms with Crippen molar-refractivity contribution in [2.45, 2.75) is 19.3 Å². The highest BCUT2D eigenvalue weighted by molar-refractivity contribution is 4.85. The van der Waals surface area contributed by atoms with Crippen LogP contribution < -0.4 is 0 Å². The average Bonchev–Trinajstić information content (AvgIpc) is 1.72. The Bertz CT molecular complexity index is 45.1. The van der Waals surface area contributed by atoms with Gasteiger partial charge >= 0.3 is 0 Å². The van der Waals surface area contributed by atoms with Gasteiger partial charge in [-0.1, -0.05) is 0 Å². The van der Waals surface area contributed by atoms with Crippen LogP contribution in [0.1, 0.15) is 19.3 Å². The summed E-state index contributed by atoms with van der Waals surface area (Å²) in [6.45, 7) is 0. The van der Waals surface area contributed by atoms with Crippen LogP contribution in [-0.4, -0.2) is 0 Å². The molecule has 1 aliphatic rings. The van der Waals surface area contributed by atoms with E-state index in [0.29, 0.717) is 0 Å². The van der Waals surface area contributed by atoms with Gasteiger partial charge in [0.2, 0.25) is 0 Å². The Kier molecular flexibility index (Phi) is 1.31. The molecule has 1 aliphatic carbocycles. The molecular formula is C6H7. The standard InChI is InChI=1S/C6H7/c1-2-4-6-5-3-1/h1H,2,4,6H2. The first-order valence-electron chi connectivity index (χ1n) is 2.30. The lowest BCUT2D eigenvalue weighted by Crippen LogP contribution is -1.80. The molecular weight excluding hydrogens is 72.1 g/mol. The molecule has 0 saturated heterocycles. The molecule has 0 unspecified atom stereocenters. The summed E-state index contributed by atoms with van der Waals surface area (Å²) in [6, 6.07) is 0. The molecule has 0 heterocycles. The molecule has 0 aromatic rings. The molecule has 0 heteroatoms. The minimum atomic E-state index is 1.11. The number of hydrogen-bond donors (Lipinski definition) is 0. The molecule has 0 amide bonds. The molecule has 0 saturated carbocycles. The summed E-state index contributed by atoms with van der Waals surface area (Å²) in [5.74, 6) is 0. The fraction of sp³-hybridized carbons (Fsp3) is 0.500. The Balaban J connectivity index is 2.26. The lowest BCUT2D eigenvalue weighted by molar-refractivity contribution is 0.794. The Morgan fingerprint density at radius 3 is 2.67 bits per heavy atom. The van der Waals surface area contributed by atoms with Crippen molar-refractivity contribution in [1.29, 1.82) is 0 Å². The summed E-state index contributed by atoms with van der Waals surface area (Å²) in [4.78, 5) is 0. The molecule has 0 nitrogen and oxygen atoms in total. The van der Waals surface area contributed by atoms with Gasteiger partial charge in [0.15, 0.2) is 0 Å². The summed E-state index contributed by atoms with van der Waals surface area (Å²) in [5, 5.41) is 0. The third-order valence-electron chi connectivity index (χ3n) is 0.854. The fourth-order valence-corrected chi connectivity index (χ4v) is 0.509. The van der Waals surface area contributed by atoms with Gasteiger partial charge < -0.3 is 0 Å². The minimum Gasteiger partial charge on any atom is -0.0486 e. The second-order valence-corrected chi connectivity index (χ2v) is 1.42. The molecule has 0 N–H and O–H groups in total. The molecule has 0 spiro atoms. The van der Waals surface area contributed by atoms with Crippen LogP contribution in [0.3, 0.4) is 0 Å². The van der Waals surface area contributed by atoms with E-state index in [1.54, 1.807) is 0 Å². The largest absolute Gasteiger partial charge is 0.0486 e. The van der Waals surface area contributed by atoms with E-state index in [9.17, 15) is 0 Å². The van der Waals surface area contributed by atoms with Crippen LogP contribution in [0.15, 0.2) is 0 Å². The van der Waals surface area contributed by atoms with Crippen LogP contribution >= 0.6 is 0 Å². The van der Waals surface area contributed by atoms with Crippen LogP contribution in [-0.2, 0) is 0 Å². The maximum Gasteiger partial charge on any atom is -0.00870 e. The summed E-state index contributed by atoms with van der Waals surface area (Å²) >= 11 is 0. The van der Waals surface area contributed by atoms with Crippen LogP contribution in [0.5, 0.6) is 0 Å². The smallest absolute Gasteiger partial charge is 0.00870 e. The van der Waals surface area contributed by atoms with E-state index >= 15 is 0 Å². The predicted molar refractivity (Wildman–Crippen MR) is 24.6 cm³/mol. The van der Waals surface area contributed by atoms with Crippen molar-refractivity contribution in [2.75, 3.05) is 0 Å². The zero-order valence-electron chi connectivity index (χ0n) is 3.70. The third-order valence-corrected chi connectivity index (χ3v) is 0.854. The number of rotatable bonds is 0. The van der Waals surface area contributed by atoms with Crippen molar-refractivity contribution in [3.05, 3.63) is 18.6 Å². The SMILES string of the molecule is [C]1=[C]CCC[CH]1. The molecule has 0 bridgehead atoms. The average molecular weight is 79.1 g/mol. The van der Waals surface area contributed by atoms with Crippen LogP contribution in [0, 0.1) is 18.6 Å². The van der Waals surface area contributed by atoms with Gasteiger partial charge in [0.1, 0.15) is 0 Å². The zero-order valence-corrected chi connectivity index (χ0v) is 3.70.